The van der Waals surface area contributed by atoms with Gasteiger partial charge in [-0.3, -0.25) is 24.7 Å². The van der Waals surface area contributed by atoms with Crippen LogP contribution in [0.4, 0.5) is 20.8 Å². The number of hydrogen-bond acceptors (Lipinski definition) is 8. The van der Waals surface area contributed by atoms with Crippen molar-refractivity contribution < 1.29 is 37.0 Å². The molecule has 0 spiro atoms. The molecule has 15 heteroatoms. The molecule has 42 heavy (non-hydrogen) atoms. The first kappa shape index (κ1) is 32.5. The number of halogens is 1. The minimum absolute atomic E-state index is 0.00323. The Morgan fingerprint density at radius 3 is 2.33 bits per heavy atom. The summed E-state index contributed by atoms with van der Waals surface area (Å²) in [4.78, 5) is 44.3. The van der Waals surface area contributed by atoms with Crippen molar-refractivity contribution in [1.29, 1.82) is 0 Å². The molecule has 3 rings (SSSR count). The highest BCUT2D eigenvalue weighted by molar-refractivity contribution is 7.92. The minimum atomic E-state index is -3.73. The third-order valence-corrected chi connectivity index (χ3v) is 8.33. The fourth-order valence-corrected chi connectivity index (χ4v) is 4.75. The van der Waals surface area contributed by atoms with Crippen molar-refractivity contribution in [3.8, 4) is 0 Å². The summed E-state index contributed by atoms with van der Waals surface area (Å²) in [5.74, 6) is -0.879. The number of nitrogens with zero attached hydrogens (tertiary/aromatic N) is 3. The molecule has 3 amide bonds. The number of aromatic nitrogens is 1. The van der Waals surface area contributed by atoms with Crippen LogP contribution in [0.5, 0.6) is 0 Å². The number of methoxy groups -OCH3 is 1. The molecule has 0 bridgehead atoms. The van der Waals surface area contributed by atoms with Crippen LogP contribution in [0.25, 0.3) is 0 Å². The van der Waals surface area contributed by atoms with Crippen LogP contribution in [-0.2, 0) is 26.0 Å². The van der Waals surface area contributed by atoms with Crippen molar-refractivity contribution >= 4 is 39.6 Å². The van der Waals surface area contributed by atoms with E-state index in [9.17, 15) is 32.3 Å². The fraction of sp³-hybridized carbons (Fsp3) is 0.481. The average molecular weight is 609 g/mol. The molecular formula is C27H37FN6O7S. The molecular weight excluding hydrogens is 571 g/mol. The second kappa shape index (κ2) is 13.3. The molecule has 1 aliphatic rings. The Kier molecular flexibility index (Phi) is 10.3. The number of hydrazine groups is 1. The van der Waals surface area contributed by atoms with Gasteiger partial charge in [0.05, 0.1) is 12.9 Å². The van der Waals surface area contributed by atoms with Crippen molar-refractivity contribution in [3.63, 3.8) is 0 Å². The van der Waals surface area contributed by atoms with Gasteiger partial charge >= 0.3 is 6.09 Å². The van der Waals surface area contributed by atoms with Crippen molar-refractivity contribution in [1.82, 2.24) is 21.2 Å². The number of carbonyl (C=O) groups excluding carboxylic acids is 2. The zero-order chi connectivity index (χ0) is 31.2. The highest BCUT2D eigenvalue weighted by Crippen LogP contribution is 2.39. The van der Waals surface area contributed by atoms with Gasteiger partial charge in [0, 0.05) is 39.2 Å². The maximum absolute atomic E-state index is 13.3. The number of carboxylic acid groups (broad SMARTS) is 1. The maximum Gasteiger partial charge on any atom is 0.405 e. The third-order valence-electron chi connectivity index (χ3n) is 7.15. The monoisotopic (exact) mass is 608 g/mol. The largest absolute Gasteiger partial charge is 0.465 e. The van der Waals surface area contributed by atoms with E-state index in [0.29, 0.717) is 42.9 Å². The molecule has 1 aromatic carbocycles. The smallest absolute Gasteiger partial charge is 0.405 e. The van der Waals surface area contributed by atoms with Gasteiger partial charge in [0.2, 0.25) is 10.0 Å². The number of carbonyl (C=O) groups is 3. The maximum atomic E-state index is 13.3. The van der Waals surface area contributed by atoms with Crippen LogP contribution in [0, 0.1) is 17.7 Å². The predicted octanol–water partition coefficient (Wildman–Crippen LogP) is 1.76. The lowest BCUT2D eigenvalue weighted by Gasteiger charge is -2.28. The van der Waals surface area contributed by atoms with E-state index in [-0.39, 0.29) is 17.8 Å². The van der Waals surface area contributed by atoms with Crippen LogP contribution in [0.1, 0.15) is 36.2 Å². The van der Waals surface area contributed by atoms with Gasteiger partial charge in [-0.2, -0.15) is 0 Å². The Morgan fingerprint density at radius 1 is 1.17 bits per heavy atom. The summed E-state index contributed by atoms with van der Waals surface area (Å²) in [6, 6.07) is 7.95. The summed E-state index contributed by atoms with van der Waals surface area (Å²) in [6.45, 7) is 4.89. The van der Waals surface area contributed by atoms with Crippen LogP contribution < -0.4 is 25.4 Å². The first-order valence-corrected chi connectivity index (χ1v) is 15.0. The van der Waals surface area contributed by atoms with E-state index in [0.717, 1.165) is 17.0 Å². The highest BCUT2D eigenvalue weighted by Gasteiger charge is 2.36. The standard InChI is InChI=1S/C27H37FN6O7S/c1-17-12-20(17)16-34(10-11-41-4)23-14-19(13-22(29-23)33(3)42(5,39)40)24(35)31-32-25(36)27(2,30-26(37)38)15-18-6-8-21(28)9-7-18/h6-9,13-14,17,20,30H,10-12,15-16H2,1-5H3,(H,31,35)(H,32,36)(H,37,38)/t17?,20?,27-/m1/s1. The number of anilines is 2. The highest BCUT2D eigenvalue weighted by atomic mass is 32.2. The molecule has 230 valence electrons. The number of ether oxygens (including phenoxy) is 1. The Labute approximate surface area is 244 Å². The summed E-state index contributed by atoms with van der Waals surface area (Å²) in [5.41, 5.74) is 3.26. The Bertz CT molecular complexity index is 1410. The summed E-state index contributed by atoms with van der Waals surface area (Å²) in [6.07, 6.45) is 0.424. The van der Waals surface area contributed by atoms with Crippen LogP contribution in [0.15, 0.2) is 36.4 Å². The molecule has 1 heterocycles. The number of sulfonamides is 1. The van der Waals surface area contributed by atoms with Gasteiger partial charge in [0.15, 0.2) is 0 Å². The molecule has 1 aliphatic carbocycles. The number of benzene rings is 1. The Hall–Kier alpha value is -3.98. The third kappa shape index (κ3) is 8.76. The van der Waals surface area contributed by atoms with Crippen molar-refractivity contribution in [2.75, 3.05) is 49.3 Å². The number of pyridine rings is 1. The number of nitrogens with one attached hydrogen (secondary N) is 3. The van der Waals surface area contributed by atoms with Gasteiger partial charge in [-0.1, -0.05) is 19.1 Å². The van der Waals surface area contributed by atoms with E-state index in [1.807, 2.05) is 4.90 Å². The molecule has 13 nitrogen and oxygen atoms in total. The Morgan fingerprint density at radius 2 is 1.79 bits per heavy atom. The number of rotatable bonds is 13. The van der Waals surface area contributed by atoms with Gasteiger partial charge < -0.3 is 20.1 Å². The first-order chi connectivity index (χ1) is 19.6. The van der Waals surface area contributed by atoms with Crippen LogP contribution in [0.2, 0.25) is 0 Å². The summed E-state index contributed by atoms with van der Waals surface area (Å²) in [7, 11) is -0.857. The molecule has 1 aromatic heterocycles. The normalized spacial score (nSPS) is 17.5. The van der Waals surface area contributed by atoms with Crippen molar-refractivity contribution in [3.05, 3.63) is 53.3 Å². The van der Waals surface area contributed by atoms with E-state index in [2.05, 4.69) is 28.1 Å². The first-order valence-electron chi connectivity index (χ1n) is 13.2. The molecule has 2 unspecified atom stereocenters. The van der Waals surface area contributed by atoms with E-state index in [4.69, 9.17) is 4.74 Å². The lowest BCUT2D eigenvalue weighted by atomic mass is 9.92. The fourth-order valence-electron chi connectivity index (χ4n) is 4.31. The molecule has 4 N–H and O–H groups in total. The minimum Gasteiger partial charge on any atom is -0.465 e. The van der Waals surface area contributed by atoms with Crippen LogP contribution >= 0.6 is 0 Å². The predicted molar refractivity (Wildman–Crippen MR) is 154 cm³/mol. The zero-order valence-electron chi connectivity index (χ0n) is 24.2. The molecule has 1 fully saturated rings. The Balaban J connectivity index is 1.87. The molecule has 2 aromatic rings. The lowest BCUT2D eigenvalue weighted by Crippen LogP contribution is -2.61. The number of hydrogen-bond donors (Lipinski definition) is 4. The van der Waals surface area contributed by atoms with Crippen LogP contribution in [0.3, 0.4) is 0 Å². The van der Waals surface area contributed by atoms with Gasteiger partial charge in [0.25, 0.3) is 11.8 Å². The molecule has 0 saturated heterocycles. The van der Waals surface area contributed by atoms with Gasteiger partial charge in [0.1, 0.15) is 23.0 Å². The van der Waals surface area contributed by atoms with E-state index < -0.39 is 39.3 Å². The molecule has 1 saturated carbocycles. The van der Waals surface area contributed by atoms with Gasteiger partial charge in [-0.25, -0.2) is 22.6 Å². The van der Waals surface area contributed by atoms with E-state index in [1.54, 1.807) is 7.11 Å². The molecule has 0 aliphatic heterocycles. The molecule has 0 radical (unpaired) electrons. The quantitative estimate of drug-likeness (QED) is 0.248. The number of amides is 3. The summed E-state index contributed by atoms with van der Waals surface area (Å²) in [5, 5.41) is 11.5. The van der Waals surface area contributed by atoms with E-state index in [1.165, 1.54) is 50.4 Å². The van der Waals surface area contributed by atoms with Gasteiger partial charge in [-0.05, 0) is 55.0 Å². The van der Waals surface area contributed by atoms with Crippen molar-refractivity contribution in [2.45, 2.75) is 32.2 Å². The molecule has 3 atom stereocenters. The SMILES string of the molecule is COCCN(CC1CC1C)c1cc(C(=O)NNC(=O)[C@@](C)(Cc2ccc(F)cc2)NC(=O)O)cc(N(C)S(C)(=O)=O)n1. The van der Waals surface area contributed by atoms with Crippen LogP contribution in [-0.4, -0.2) is 82.1 Å². The van der Waals surface area contributed by atoms with Gasteiger partial charge in [-0.15, -0.1) is 0 Å². The second-order valence-corrected chi connectivity index (χ2v) is 12.7. The van der Waals surface area contributed by atoms with E-state index >= 15 is 0 Å². The topological polar surface area (TPSA) is 170 Å². The zero-order valence-corrected chi connectivity index (χ0v) is 25.0. The average Bonchev–Trinajstić information content (AvgIpc) is 3.62. The lowest BCUT2D eigenvalue weighted by molar-refractivity contribution is -0.127. The second-order valence-electron chi connectivity index (χ2n) is 10.7. The summed E-state index contributed by atoms with van der Waals surface area (Å²) >= 11 is 0. The summed E-state index contributed by atoms with van der Waals surface area (Å²) < 4.78 is 44.1. The van der Waals surface area contributed by atoms with Crippen molar-refractivity contribution in [2.24, 2.45) is 11.8 Å².